The first-order valence-electron chi connectivity index (χ1n) is 12.8. The van der Waals surface area contributed by atoms with Gasteiger partial charge in [0.05, 0.1) is 0 Å². The van der Waals surface area contributed by atoms with Crippen LogP contribution in [0.1, 0.15) is 36.1 Å². The third kappa shape index (κ3) is 5.03. The van der Waals surface area contributed by atoms with E-state index in [1.165, 1.54) is 23.3 Å². The lowest BCUT2D eigenvalue weighted by Gasteiger charge is -2.21. The maximum atomic E-state index is 11.2. The predicted octanol–water partition coefficient (Wildman–Crippen LogP) is 7.31. The van der Waals surface area contributed by atoms with Crippen LogP contribution in [0.15, 0.2) is 96.1 Å². The summed E-state index contributed by atoms with van der Waals surface area (Å²) in [5.41, 5.74) is 9.20. The standard InChI is InChI=1S/C35H24N2O4/c1-35(2)31-13-11-25(23-7-3-21(4-8-23)15-27(19-36)33(38)39)17-29(31)30-18-26(12-14-32(30)35)24-9-5-22(6-10-24)16-28(20-37)34(40)41/h3-18H,1-2H3,(H,38,39)(H,40,41)/b27-15-,28-16-. The van der Waals surface area contributed by atoms with E-state index in [0.717, 1.165) is 33.4 Å². The van der Waals surface area contributed by atoms with E-state index in [2.05, 4.69) is 50.2 Å². The van der Waals surface area contributed by atoms with Crippen molar-refractivity contribution in [2.24, 2.45) is 0 Å². The molecule has 0 amide bonds. The highest BCUT2D eigenvalue weighted by molar-refractivity contribution is 5.97. The molecule has 0 fully saturated rings. The van der Waals surface area contributed by atoms with E-state index < -0.39 is 11.9 Å². The summed E-state index contributed by atoms with van der Waals surface area (Å²) in [6.07, 6.45) is 2.71. The molecule has 0 saturated carbocycles. The molecule has 1 aliphatic rings. The number of carboxylic acids is 2. The molecule has 5 rings (SSSR count). The minimum atomic E-state index is -1.25. The molecule has 2 N–H and O–H groups in total. The molecule has 41 heavy (non-hydrogen) atoms. The fourth-order valence-corrected chi connectivity index (χ4v) is 5.29. The molecule has 0 saturated heterocycles. The number of nitrogens with zero attached hydrogens (tertiary/aromatic N) is 2. The molecule has 198 valence electrons. The first-order valence-corrected chi connectivity index (χ1v) is 12.8. The summed E-state index contributed by atoms with van der Waals surface area (Å²) in [5, 5.41) is 36.3. The van der Waals surface area contributed by atoms with Crippen molar-refractivity contribution in [1.82, 2.24) is 0 Å². The Kier molecular flexibility index (Phi) is 6.85. The number of rotatable bonds is 6. The molecule has 0 aromatic heterocycles. The fraction of sp³-hybridized carbons (Fsp3) is 0.0857. The van der Waals surface area contributed by atoms with Gasteiger partial charge in [-0.3, -0.25) is 0 Å². The third-order valence-corrected chi connectivity index (χ3v) is 7.49. The molecule has 0 spiro atoms. The van der Waals surface area contributed by atoms with Gasteiger partial charge in [-0.1, -0.05) is 86.6 Å². The van der Waals surface area contributed by atoms with Crippen molar-refractivity contribution in [3.63, 3.8) is 0 Å². The van der Waals surface area contributed by atoms with Crippen LogP contribution in [0.2, 0.25) is 0 Å². The number of nitriles is 2. The molecule has 0 unspecified atom stereocenters. The van der Waals surface area contributed by atoms with Crippen LogP contribution in [0, 0.1) is 22.7 Å². The van der Waals surface area contributed by atoms with Crippen molar-refractivity contribution >= 4 is 24.1 Å². The van der Waals surface area contributed by atoms with E-state index in [0.29, 0.717) is 11.1 Å². The summed E-state index contributed by atoms with van der Waals surface area (Å²) < 4.78 is 0. The lowest BCUT2D eigenvalue weighted by molar-refractivity contribution is -0.133. The summed E-state index contributed by atoms with van der Waals surface area (Å²) in [6.45, 7) is 4.42. The van der Waals surface area contributed by atoms with Gasteiger partial charge >= 0.3 is 11.9 Å². The van der Waals surface area contributed by atoms with Crippen LogP contribution in [0.5, 0.6) is 0 Å². The van der Waals surface area contributed by atoms with Crippen molar-refractivity contribution in [1.29, 1.82) is 10.5 Å². The minimum Gasteiger partial charge on any atom is -0.477 e. The molecule has 6 nitrogen and oxygen atoms in total. The Morgan fingerprint density at radius 1 is 0.610 bits per heavy atom. The van der Waals surface area contributed by atoms with Crippen LogP contribution in [0.4, 0.5) is 0 Å². The SMILES string of the molecule is CC1(C)c2ccc(-c3ccc(/C=C(/C#N)C(=O)O)cc3)cc2-c2cc(-c3ccc(/C=C(/C#N)C(=O)O)cc3)ccc21. The summed E-state index contributed by atoms with van der Waals surface area (Å²) in [7, 11) is 0. The minimum absolute atomic E-state index is 0.180. The zero-order chi connectivity index (χ0) is 29.3. The van der Waals surface area contributed by atoms with Gasteiger partial charge in [-0.2, -0.15) is 10.5 Å². The normalized spacial score (nSPS) is 13.5. The van der Waals surface area contributed by atoms with E-state index in [4.69, 9.17) is 20.7 Å². The lowest BCUT2D eigenvalue weighted by Crippen LogP contribution is -2.14. The Bertz CT molecular complexity index is 1730. The Morgan fingerprint density at radius 2 is 0.951 bits per heavy atom. The molecule has 0 aliphatic heterocycles. The Hall–Kier alpha value is -5.72. The maximum absolute atomic E-state index is 11.2. The van der Waals surface area contributed by atoms with Crippen molar-refractivity contribution < 1.29 is 19.8 Å². The smallest absolute Gasteiger partial charge is 0.346 e. The van der Waals surface area contributed by atoms with Gasteiger partial charge < -0.3 is 10.2 Å². The summed E-state index contributed by atoms with van der Waals surface area (Å²) >= 11 is 0. The third-order valence-electron chi connectivity index (χ3n) is 7.49. The second-order valence-corrected chi connectivity index (χ2v) is 10.3. The Labute approximate surface area is 237 Å². The topological polar surface area (TPSA) is 122 Å². The van der Waals surface area contributed by atoms with Crippen molar-refractivity contribution in [2.75, 3.05) is 0 Å². The summed E-state index contributed by atoms with van der Waals surface area (Å²) in [6, 6.07) is 31.1. The maximum Gasteiger partial charge on any atom is 0.346 e. The van der Waals surface area contributed by atoms with Gasteiger partial charge in [0.2, 0.25) is 0 Å². The van der Waals surface area contributed by atoms with Gasteiger partial charge in [0.25, 0.3) is 0 Å². The number of carbonyl (C=O) groups is 2. The zero-order valence-corrected chi connectivity index (χ0v) is 22.3. The molecule has 0 heterocycles. The van der Waals surface area contributed by atoms with Crippen LogP contribution in [-0.4, -0.2) is 22.2 Å². The van der Waals surface area contributed by atoms with Crippen molar-refractivity contribution in [3.05, 3.63) is 118 Å². The Balaban J connectivity index is 1.51. The molecule has 0 radical (unpaired) electrons. The monoisotopic (exact) mass is 536 g/mol. The lowest BCUT2D eigenvalue weighted by atomic mass is 9.82. The van der Waals surface area contributed by atoms with Crippen LogP contribution in [0.3, 0.4) is 0 Å². The molecule has 1 aliphatic carbocycles. The van der Waals surface area contributed by atoms with Crippen LogP contribution < -0.4 is 0 Å². The van der Waals surface area contributed by atoms with E-state index in [9.17, 15) is 9.59 Å². The van der Waals surface area contributed by atoms with Gasteiger partial charge in [0.15, 0.2) is 0 Å². The molecule has 4 aromatic rings. The number of hydrogen-bond acceptors (Lipinski definition) is 4. The van der Waals surface area contributed by atoms with Crippen LogP contribution in [0.25, 0.3) is 45.5 Å². The zero-order valence-electron chi connectivity index (χ0n) is 22.3. The van der Waals surface area contributed by atoms with E-state index in [1.54, 1.807) is 36.4 Å². The quantitative estimate of drug-likeness (QED) is 0.197. The molecular formula is C35H24N2O4. The fourth-order valence-electron chi connectivity index (χ4n) is 5.29. The average molecular weight is 537 g/mol. The number of benzene rings is 4. The van der Waals surface area contributed by atoms with Gasteiger partial charge in [-0.25, -0.2) is 9.59 Å². The average Bonchev–Trinajstić information content (AvgIpc) is 3.20. The van der Waals surface area contributed by atoms with E-state index in [-0.39, 0.29) is 16.6 Å². The molecule has 0 atom stereocenters. The van der Waals surface area contributed by atoms with E-state index in [1.807, 2.05) is 24.3 Å². The largest absolute Gasteiger partial charge is 0.477 e. The predicted molar refractivity (Wildman–Crippen MR) is 157 cm³/mol. The summed E-state index contributed by atoms with van der Waals surface area (Å²) in [5.74, 6) is -2.51. The highest BCUT2D eigenvalue weighted by Gasteiger charge is 2.35. The second kappa shape index (κ2) is 10.4. The van der Waals surface area contributed by atoms with Gasteiger partial charge in [0, 0.05) is 5.41 Å². The highest BCUT2D eigenvalue weighted by Crippen LogP contribution is 2.50. The van der Waals surface area contributed by atoms with E-state index >= 15 is 0 Å². The van der Waals surface area contributed by atoms with Gasteiger partial charge in [-0.05, 0) is 79.9 Å². The van der Waals surface area contributed by atoms with Crippen LogP contribution >= 0.6 is 0 Å². The number of carboxylic acid groups (broad SMARTS) is 2. The Morgan fingerprint density at radius 3 is 1.27 bits per heavy atom. The first-order chi connectivity index (χ1) is 19.6. The number of aliphatic carboxylic acids is 2. The second-order valence-electron chi connectivity index (χ2n) is 10.3. The molecule has 0 bridgehead atoms. The van der Waals surface area contributed by atoms with Crippen molar-refractivity contribution in [3.8, 4) is 45.5 Å². The van der Waals surface area contributed by atoms with Gasteiger partial charge in [0.1, 0.15) is 23.3 Å². The highest BCUT2D eigenvalue weighted by atomic mass is 16.4. The molecule has 6 heteroatoms. The molecule has 4 aromatic carbocycles. The number of fused-ring (bicyclic) bond motifs is 3. The van der Waals surface area contributed by atoms with Gasteiger partial charge in [-0.15, -0.1) is 0 Å². The number of hydrogen-bond donors (Lipinski definition) is 2. The van der Waals surface area contributed by atoms with Crippen LogP contribution in [-0.2, 0) is 15.0 Å². The first kappa shape index (κ1) is 26.9. The summed E-state index contributed by atoms with van der Waals surface area (Å²) in [4.78, 5) is 22.3. The van der Waals surface area contributed by atoms with Crippen molar-refractivity contribution in [2.45, 2.75) is 19.3 Å². The molecular weight excluding hydrogens is 512 g/mol.